The molecule has 2 fully saturated rings. The van der Waals surface area contributed by atoms with E-state index in [1.54, 1.807) is 18.2 Å². The maximum absolute atomic E-state index is 13.8. The molecule has 0 radical (unpaired) electrons. The first-order valence-corrected chi connectivity index (χ1v) is 18.3. The summed E-state index contributed by atoms with van der Waals surface area (Å²) in [5.74, 6) is -3.28. The summed E-state index contributed by atoms with van der Waals surface area (Å²) >= 11 is 1.21. The predicted octanol–water partition coefficient (Wildman–Crippen LogP) is 5.30. The minimum absolute atomic E-state index is 0.0161. The average molecular weight is 788 g/mol. The number of nitro groups is 2. The second kappa shape index (κ2) is 16.2. The van der Waals surface area contributed by atoms with Gasteiger partial charge >= 0.3 is 12.1 Å². The van der Waals surface area contributed by atoms with Crippen LogP contribution in [0, 0.1) is 32.1 Å². The van der Waals surface area contributed by atoms with Gasteiger partial charge in [-0.05, 0) is 60.9 Å². The number of thioether (sulfide) groups is 1. The molecule has 2 saturated heterocycles. The molecule has 17 nitrogen and oxygen atoms in total. The summed E-state index contributed by atoms with van der Waals surface area (Å²) in [5.41, 5.74) is 1.35. The highest BCUT2D eigenvalue weighted by atomic mass is 32.2. The number of benzene rings is 3. The lowest BCUT2D eigenvalue weighted by Gasteiger charge is -2.46. The van der Waals surface area contributed by atoms with Crippen molar-refractivity contribution in [3.8, 4) is 0 Å². The standard InChI is InChI=1S/C38H37N5O12S/c1-20-32-31(22(3)45)36(47)41(32)33(37(48)54-18-23-7-11-27(12-8-23)42(50)51)34(20)56-29-16-30(35(46)39-26-6-4-5-25(15-26)21(2)44)40(17-29)38(49)55-19-24-9-13-28(14-10-24)43(52)53/h4-15,20,22,29-32,44-45H,2,16-19H2,1,3H3,(H,39,46)/t20-,22-,29+,30+,31-,32-/m1/s1. The molecule has 6 atom stereocenters. The number of fused-ring (bicyclic) bond motifs is 1. The van der Waals surface area contributed by atoms with Crippen LogP contribution in [0.25, 0.3) is 5.76 Å². The number of ether oxygens (including phenoxy) is 2. The van der Waals surface area contributed by atoms with E-state index in [0.717, 1.165) is 0 Å². The maximum Gasteiger partial charge on any atom is 0.410 e. The number of likely N-dealkylation sites (tertiary alicyclic amines) is 1. The third-order valence-electron chi connectivity index (χ3n) is 9.89. The molecule has 0 bridgehead atoms. The van der Waals surface area contributed by atoms with E-state index in [4.69, 9.17) is 9.47 Å². The number of hydrogen-bond acceptors (Lipinski definition) is 13. The van der Waals surface area contributed by atoms with Crippen molar-refractivity contribution < 1.29 is 48.7 Å². The molecule has 0 unspecified atom stereocenters. The molecule has 0 aliphatic carbocycles. The van der Waals surface area contributed by atoms with Crippen LogP contribution in [0.15, 0.2) is 90.0 Å². The molecule has 3 N–H and O–H groups in total. The molecule has 0 aromatic heterocycles. The molecule has 3 aliphatic heterocycles. The largest absolute Gasteiger partial charge is 0.508 e. The minimum atomic E-state index is -1.07. The van der Waals surface area contributed by atoms with Gasteiger partial charge in [0, 0.05) is 58.1 Å². The van der Waals surface area contributed by atoms with E-state index in [1.165, 1.54) is 83.1 Å². The van der Waals surface area contributed by atoms with E-state index in [0.29, 0.717) is 27.3 Å². The SMILES string of the molecule is C=C(O)c1cccc(NC(=O)[C@@H]2C[C@H](SC3=C(C(=O)OCc4ccc([N+](=O)[O-])cc4)N4C(=O)[C@H]([C@@H](C)O)[C@H]4[C@H]3C)CN2C(=O)OCc2ccc([N+](=O)[O-])cc2)c1. The third kappa shape index (κ3) is 8.06. The Hall–Kier alpha value is -6.27. The maximum atomic E-state index is 13.8. The third-order valence-corrected chi connectivity index (χ3v) is 11.4. The molecular weight excluding hydrogens is 751 g/mol. The van der Waals surface area contributed by atoms with Crippen LogP contribution in [-0.4, -0.2) is 83.7 Å². The number of nitrogens with one attached hydrogen (secondary N) is 1. The van der Waals surface area contributed by atoms with Gasteiger partial charge in [0.25, 0.3) is 11.4 Å². The first kappa shape index (κ1) is 39.4. The molecule has 3 aromatic carbocycles. The Labute approximate surface area is 323 Å². The minimum Gasteiger partial charge on any atom is -0.508 e. The molecule has 3 amide bonds. The quantitative estimate of drug-likeness (QED) is 0.0658. The number of anilines is 1. The second-order valence-electron chi connectivity index (χ2n) is 13.6. The number of hydrogen-bond donors (Lipinski definition) is 3. The Bertz CT molecular complexity index is 2120. The number of nitrogens with zero attached hydrogens (tertiary/aromatic N) is 4. The van der Waals surface area contributed by atoms with Gasteiger partial charge in [-0.2, -0.15) is 0 Å². The van der Waals surface area contributed by atoms with Gasteiger partial charge in [0.2, 0.25) is 11.8 Å². The van der Waals surface area contributed by atoms with Gasteiger partial charge < -0.3 is 29.9 Å². The van der Waals surface area contributed by atoms with E-state index in [2.05, 4.69) is 11.9 Å². The number of aliphatic hydroxyl groups excluding tert-OH is 2. The second-order valence-corrected chi connectivity index (χ2v) is 14.9. The summed E-state index contributed by atoms with van der Waals surface area (Å²) < 4.78 is 11.2. The van der Waals surface area contributed by atoms with Gasteiger partial charge in [-0.1, -0.05) is 25.6 Å². The first-order chi connectivity index (χ1) is 26.6. The zero-order chi connectivity index (χ0) is 40.4. The molecule has 3 aromatic rings. The van der Waals surface area contributed by atoms with Crippen LogP contribution in [0.2, 0.25) is 0 Å². The Morgan fingerprint density at radius 1 is 0.982 bits per heavy atom. The predicted molar refractivity (Wildman–Crippen MR) is 201 cm³/mol. The summed E-state index contributed by atoms with van der Waals surface area (Å²) in [5, 5.41) is 44.7. The lowest BCUT2D eigenvalue weighted by molar-refractivity contribution is -0.385. The highest BCUT2D eigenvalue weighted by Gasteiger charge is 2.60. The van der Waals surface area contributed by atoms with E-state index in [1.807, 2.05) is 6.92 Å². The van der Waals surface area contributed by atoms with Crippen molar-refractivity contribution in [3.63, 3.8) is 0 Å². The Balaban J connectivity index is 1.25. The van der Waals surface area contributed by atoms with E-state index >= 15 is 0 Å². The number of aliphatic hydroxyl groups is 2. The van der Waals surface area contributed by atoms with Crippen molar-refractivity contribution in [2.24, 2.45) is 11.8 Å². The van der Waals surface area contributed by atoms with Crippen LogP contribution < -0.4 is 5.32 Å². The van der Waals surface area contributed by atoms with Gasteiger partial charge in [-0.15, -0.1) is 11.8 Å². The summed E-state index contributed by atoms with van der Waals surface area (Å²) in [4.78, 5) is 78.6. The van der Waals surface area contributed by atoms with Crippen LogP contribution in [0.5, 0.6) is 0 Å². The van der Waals surface area contributed by atoms with Crippen molar-refractivity contribution in [1.29, 1.82) is 0 Å². The number of β-lactam (4-membered cyclic amide) rings is 1. The lowest BCUT2D eigenvalue weighted by atomic mass is 9.79. The van der Waals surface area contributed by atoms with Crippen molar-refractivity contribution in [2.75, 3.05) is 11.9 Å². The molecule has 0 saturated carbocycles. The Morgan fingerprint density at radius 2 is 1.57 bits per heavy atom. The zero-order valence-electron chi connectivity index (χ0n) is 30.1. The topological polar surface area (TPSA) is 232 Å². The Kier molecular flexibility index (Phi) is 11.4. The van der Waals surface area contributed by atoms with Gasteiger partial charge in [0.1, 0.15) is 30.7 Å². The van der Waals surface area contributed by atoms with Crippen molar-refractivity contribution in [2.45, 2.75) is 56.9 Å². The van der Waals surface area contributed by atoms with E-state index < -0.39 is 69.0 Å². The molecule has 3 aliphatic rings. The van der Waals surface area contributed by atoms with Crippen LogP contribution in [0.3, 0.4) is 0 Å². The molecular formula is C38H37N5O12S. The number of esters is 1. The highest BCUT2D eigenvalue weighted by molar-refractivity contribution is 8.03. The average Bonchev–Trinajstić information content (AvgIpc) is 3.70. The summed E-state index contributed by atoms with van der Waals surface area (Å²) in [6, 6.07) is 15.6. The van der Waals surface area contributed by atoms with Gasteiger partial charge in [-0.3, -0.25) is 34.7 Å². The summed E-state index contributed by atoms with van der Waals surface area (Å²) in [6.45, 7) is 6.31. The number of amides is 3. The number of non-ortho nitro benzene ring substituents is 2. The van der Waals surface area contributed by atoms with Crippen LogP contribution in [0.1, 0.15) is 37.0 Å². The van der Waals surface area contributed by atoms with E-state index in [9.17, 15) is 49.6 Å². The van der Waals surface area contributed by atoms with Gasteiger partial charge in [-0.25, -0.2) is 9.59 Å². The van der Waals surface area contributed by atoms with Crippen molar-refractivity contribution >= 4 is 58.5 Å². The number of carbonyl (C=O) groups is 4. The van der Waals surface area contributed by atoms with Gasteiger partial charge in [0.05, 0.1) is 27.9 Å². The molecule has 56 heavy (non-hydrogen) atoms. The van der Waals surface area contributed by atoms with Crippen molar-refractivity contribution in [1.82, 2.24) is 9.80 Å². The van der Waals surface area contributed by atoms with E-state index in [-0.39, 0.29) is 49.0 Å². The first-order valence-electron chi connectivity index (χ1n) is 17.4. The fourth-order valence-electron chi connectivity index (χ4n) is 7.06. The Morgan fingerprint density at radius 3 is 2.12 bits per heavy atom. The number of carbonyl (C=O) groups excluding carboxylic acids is 4. The molecule has 292 valence electrons. The summed E-state index contributed by atoms with van der Waals surface area (Å²) in [6.07, 6.45) is -1.75. The number of rotatable bonds is 13. The normalized spacial score (nSPS) is 21.8. The van der Waals surface area contributed by atoms with Crippen LogP contribution >= 0.6 is 11.8 Å². The molecule has 6 rings (SSSR count). The molecule has 18 heteroatoms. The molecule has 3 heterocycles. The fourth-order valence-corrected chi connectivity index (χ4v) is 8.58. The zero-order valence-corrected chi connectivity index (χ0v) is 30.9. The number of nitro benzene ring substituents is 2. The monoisotopic (exact) mass is 787 g/mol. The lowest BCUT2D eigenvalue weighted by Crippen LogP contribution is -2.63. The fraction of sp³-hybridized carbons (Fsp3) is 0.316. The van der Waals surface area contributed by atoms with Crippen LogP contribution in [-0.2, 0) is 37.1 Å². The smallest absolute Gasteiger partial charge is 0.410 e. The van der Waals surface area contributed by atoms with Gasteiger partial charge in [0.15, 0.2) is 0 Å². The highest BCUT2D eigenvalue weighted by Crippen LogP contribution is 2.52. The van der Waals surface area contributed by atoms with Crippen molar-refractivity contribution in [3.05, 3.63) is 127 Å². The molecule has 0 spiro atoms. The summed E-state index contributed by atoms with van der Waals surface area (Å²) in [7, 11) is 0. The van der Waals surface area contributed by atoms with Crippen LogP contribution in [0.4, 0.5) is 21.9 Å².